The molecule has 0 saturated heterocycles. The molecule has 0 saturated carbocycles. The molecule has 1 atom stereocenters. The molecule has 1 aromatic heterocycles. The number of fused-ring (bicyclic) bond motifs is 1. The van der Waals surface area contributed by atoms with Crippen molar-refractivity contribution >= 4 is 22.6 Å². The molecule has 0 aliphatic rings. The zero-order valence-electron chi connectivity index (χ0n) is 10.9. The minimum atomic E-state index is -0.0980. The number of amides is 1. The number of nitrogens with zero attached hydrogens (tertiary/aromatic N) is 1. The fourth-order valence-corrected chi connectivity index (χ4v) is 1.82. The molecule has 18 heavy (non-hydrogen) atoms. The summed E-state index contributed by atoms with van der Waals surface area (Å²) in [5.41, 5.74) is 7.05. The van der Waals surface area contributed by atoms with Gasteiger partial charge in [-0.05, 0) is 37.6 Å². The van der Waals surface area contributed by atoms with Gasteiger partial charge in [-0.25, -0.2) is 0 Å². The molecular formula is C14H18N2O2. The number of nitrogens with two attached hydrogens (primary N) is 1. The van der Waals surface area contributed by atoms with E-state index in [9.17, 15) is 4.79 Å². The number of hydrogen-bond donors (Lipinski definition) is 1. The van der Waals surface area contributed by atoms with Gasteiger partial charge in [0.05, 0.1) is 0 Å². The fourth-order valence-electron chi connectivity index (χ4n) is 1.82. The first-order valence-electron chi connectivity index (χ1n) is 6.09. The minimum Gasteiger partial charge on any atom is -0.451 e. The third-order valence-electron chi connectivity index (χ3n) is 3.32. The first-order valence-corrected chi connectivity index (χ1v) is 6.09. The highest BCUT2D eigenvalue weighted by atomic mass is 16.3. The summed E-state index contributed by atoms with van der Waals surface area (Å²) in [6.07, 6.45) is 0.912. The summed E-state index contributed by atoms with van der Waals surface area (Å²) >= 11 is 0. The van der Waals surface area contributed by atoms with Gasteiger partial charge in [-0.15, -0.1) is 0 Å². The average molecular weight is 246 g/mol. The molecule has 1 unspecified atom stereocenters. The predicted molar refractivity (Wildman–Crippen MR) is 72.5 cm³/mol. The Morgan fingerprint density at radius 3 is 2.83 bits per heavy atom. The van der Waals surface area contributed by atoms with E-state index in [1.54, 1.807) is 36.2 Å². The molecule has 2 aromatic rings. The quantitative estimate of drug-likeness (QED) is 0.847. The normalized spacial score (nSPS) is 12.6. The molecular weight excluding hydrogens is 228 g/mol. The van der Waals surface area contributed by atoms with Gasteiger partial charge in [0.1, 0.15) is 5.58 Å². The number of furan rings is 1. The number of benzene rings is 1. The number of anilines is 1. The van der Waals surface area contributed by atoms with Crippen LogP contribution in [0.2, 0.25) is 0 Å². The van der Waals surface area contributed by atoms with E-state index in [0.29, 0.717) is 17.0 Å². The number of rotatable bonds is 3. The van der Waals surface area contributed by atoms with Crippen molar-refractivity contribution in [3.8, 4) is 0 Å². The number of hydrogen-bond acceptors (Lipinski definition) is 3. The Kier molecular flexibility index (Phi) is 3.28. The molecule has 1 heterocycles. The van der Waals surface area contributed by atoms with E-state index in [1.165, 1.54) is 0 Å². The highest BCUT2D eigenvalue weighted by Gasteiger charge is 2.19. The van der Waals surface area contributed by atoms with Gasteiger partial charge in [-0.3, -0.25) is 4.79 Å². The van der Waals surface area contributed by atoms with Crippen molar-refractivity contribution in [2.24, 2.45) is 0 Å². The van der Waals surface area contributed by atoms with E-state index in [0.717, 1.165) is 11.8 Å². The molecule has 4 nitrogen and oxygen atoms in total. The molecule has 1 aromatic carbocycles. The Bertz CT molecular complexity index is 574. The largest absolute Gasteiger partial charge is 0.451 e. The maximum Gasteiger partial charge on any atom is 0.289 e. The lowest BCUT2D eigenvalue weighted by Gasteiger charge is -2.22. The van der Waals surface area contributed by atoms with Crippen LogP contribution in [-0.4, -0.2) is 23.9 Å². The lowest BCUT2D eigenvalue weighted by molar-refractivity contribution is 0.0711. The molecule has 96 valence electrons. The Morgan fingerprint density at radius 1 is 1.44 bits per heavy atom. The summed E-state index contributed by atoms with van der Waals surface area (Å²) in [7, 11) is 1.79. The van der Waals surface area contributed by atoms with Gasteiger partial charge < -0.3 is 15.1 Å². The Labute approximate surface area is 106 Å². The van der Waals surface area contributed by atoms with Gasteiger partial charge >= 0.3 is 0 Å². The highest BCUT2D eigenvalue weighted by molar-refractivity contribution is 5.96. The molecule has 2 N–H and O–H groups in total. The van der Waals surface area contributed by atoms with Crippen LogP contribution in [0.5, 0.6) is 0 Å². The van der Waals surface area contributed by atoms with Crippen LogP contribution in [0.3, 0.4) is 0 Å². The van der Waals surface area contributed by atoms with Crippen LogP contribution in [0.4, 0.5) is 5.69 Å². The van der Waals surface area contributed by atoms with Crippen molar-refractivity contribution in [2.75, 3.05) is 12.8 Å². The molecule has 4 heteroatoms. The second kappa shape index (κ2) is 4.72. The van der Waals surface area contributed by atoms with E-state index in [1.807, 2.05) is 13.8 Å². The van der Waals surface area contributed by atoms with Crippen LogP contribution < -0.4 is 5.73 Å². The molecule has 0 spiro atoms. The molecule has 0 aliphatic heterocycles. The van der Waals surface area contributed by atoms with Crippen molar-refractivity contribution < 1.29 is 9.21 Å². The van der Waals surface area contributed by atoms with Crippen LogP contribution >= 0.6 is 0 Å². The Balaban J connectivity index is 2.33. The predicted octanol–water partition coefficient (Wildman–Crippen LogP) is 2.89. The van der Waals surface area contributed by atoms with E-state index in [2.05, 4.69) is 0 Å². The van der Waals surface area contributed by atoms with Crippen molar-refractivity contribution in [1.82, 2.24) is 4.90 Å². The fraction of sp³-hybridized carbons (Fsp3) is 0.357. The van der Waals surface area contributed by atoms with E-state index in [-0.39, 0.29) is 11.9 Å². The lowest BCUT2D eigenvalue weighted by atomic mass is 10.2. The third kappa shape index (κ3) is 2.18. The maximum atomic E-state index is 12.2. The Hall–Kier alpha value is -1.97. The number of carbonyl (C=O) groups excluding carboxylic acids is 1. The standard InChI is InChI=1S/C14H18N2O2/c1-4-9(2)16(3)14(17)13-8-10-7-11(15)5-6-12(10)18-13/h5-9H,4,15H2,1-3H3. The molecule has 2 rings (SSSR count). The summed E-state index contributed by atoms with van der Waals surface area (Å²) in [4.78, 5) is 13.9. The van der Waals surface area contributed by atoms with Crippen LogP contribution in [0.25, 0.3) is 11.0 Å². The zero-order chi connectivity index (χ0) is 13.3. The minimum absolute atomic E-state index is 0.0980. The van der Waals surface area contributed by atoms with Gasteiger partial charge in [0.2, 0.25) is 0 Å². The number of nitrogen functional groups attached to an aromatic ring is 1. The van der Waals surface area contributed by atoms with Gasteiger partial charge in [0, 0.05) is 24.2 Å². The van der Waals surface area contributed by atoms with Crippen LogP contribution in [0.15, 0.2) is 28.7 Å². The average Bonchev–Trinajstić information content (AvgIpc) is 2.78. The maximum absolute atomic E-state index is 12.2. The van der Waals surface area contributed by atoms with Gasteiger partial charge in [-0.1, -0.05) is 6.92 Å². The SMILES string of the molecule is CCC(C)N(C)C(=O)c1cc2cc(N)ccc2o1. The molecule has 0 bridgehead atoms. The van der Waals surface area contributed by atoms with Crippen LogP contribution in [0.1, 0.15) is 30.8 Å². The molecule has 0 aliphatic carbocycles. The molecule has 0 fully saturated rings. The van der Waals surface area contributed by atoms with E-state index >= 15 is 0 Å². The second-order valence-corrected chi connectivity index (χ2v) is 4.58. The monoisotopic (exact) mass is 246 g/mol. The summed E-state index contributed by atoms with van der Waals surface area (Å²) in [5.74, 6) is 0.262. The summed E-state index contributed by atoms with van der Waals surface area (Å²) in [5, 5.41) is 0.857. The van der Waals surface area contributed by atoms with Gasteiger partial charge in [0.25, 0.3) is 5.91 Å². The zero-order valence-corrected chi connectivity index (χ0v) is 10.9. The first kappa shape index (κ1) is 12.5. The van der Waals surface area contributed by atoms with Crippen molar-refractivity contribution in [3.05, 3.63) is 30.0 Å². The van der Waals surface area contributed by atoms with Gasteiger partial charge in [0.15, 0.2) is 5.76 Å². The van der Waals surface area contributed by atoms with Gasteiger partial charge in [-0.2, -0.15) is 0 Å². The first-order chi connectivity index (χ1) is 8.52. The second-order valence-electron chi connectivity index (χ2n) is 4.58. The Morgan fingerprint density at radius 2 is 2.17 bits per heavy atom. The van der Waals surface area contributed by atoms with E-state index < -0.39 is 0 Å². The molecule has 0 radical (unpaired) electrons. The molecule has 1 amide bonds. The van der Waals surface area contributed by atoms with Crippen molar-refractivity contribution in [3.63, 3.8) is 0 Å². The topological polar surface area (TPSA) is 59.5 Å². The lowest BCUT2D eigenvalue weighted by Crippen LogP contribution is -2.34. The van der Waals surface area contributed by atoms with Crippen LogP contribution in [-0.2, 0) is 0 Å². The van der Waals surface area contributed by atoms with Crippen molar-refractivity contribution in [2.45, 2.75) is 26.3 Å². The van der Waals surface area contributed by atoms with E-state index in [4.69, 9.17) is 10.2 Å². The summed E-state index contributed by atoms with van der Waals surface area (Å²) in [6.45, 7) is 4.06. The van der Waals surface area contributed by atoms with Crippen molar-refractivity contribution in [1.29, 1.82) is 0 Å². The highest BCUT2D eigenvalue weighted by Crippen LogP contribution is 2.23. The van der Waals surface area contributed by atoms with Crippen LogP contribution in [0, 0.1) is 0 Å². The summed E-state index contributed by atoms with van der Waals surface area (Å²) < 4.78 is 5.55. The summed E-state index contributed by atoms with van der Waals surface area (Å²) in [6, 6.07) is 7.28. The number of carbonyl (C=O) groups is 1. The smallest absolute Gasteiger partial charge is 0.289 e. The third-order valence-corrected chi connectivity index (χ3v) is 3.32.